The number of anilines is 1. The van der Waals surface area contributed by atoms with Crippen LogP contribution in [0.5, 0.6) is 17.2 Å². The smallest absolute Gasteiger partial charge is 0.244 e. The molecule has 30 heavy (non-hydrogen) atoms. The minimum Gasteiger partial charge on any atom is -0.493 e. The molecule has 160 valence electrons. The standard InChI is InChI=1S/C23H27ClN2O4/c1-28-20-13-16(14-21(29-2)23(20)30-3)5-8-22(27)25-10-4-11-26-12-9-17-15-18(24)6-7-19(17)26/h5-8,13-15H,4,9-12H2,1-3H3,(H,25,27)/b8-5+. The average Bonchev–Trinajstić information content (AvgIpc) is 3.16. The maximum atomic E-state index is 12.2. The van der Waals surface area contributed by atoms with E-state index in [0.717, 1.165) is 36.5 Å². The number of amides is 1. The molecule has 6 nitrogen and oxygen atoms in total. The third-order valence-electron chi connectivity index (χ3n) is 5.05. The number of hydrogen-bond donors (Lipinski definition) is 1. The van der Waals surface area contributed by atoms with Crippen LogP contribution in [0.15, 0.2) is 36.4 Å². The summed E-state index contributed by atoms with van der Waals surface area (Å²) in [5.41, 5.74) is 3.32. The molecule has 3 rings (SSSR count). The van der Waals surface area contributed by atoms with E-state index in [1.807, 2.05) is 12.1 Å². The van der Waals surface area contributed by atoms with Gasteiger partial charge in [0, 0.05) is 36.4 Å². The maximum absolute atomic E-state index is 12.2. The van der Waals surface area contributed by atoms with Crippen molar-refractivity contribution in [2.24, 2.45) is 0 Å². The van der Waals surface area contributed by atoms with Gasteiger partial charge in [0.05, 0.1) is 21.3 Å². The van der Waals surface area contributed by atoms with E-state index in [-0.39, 0.29) is 5.91 Å². The Labute approximate surface area is 182 Å². The van der Waals surface area contributed by atoms with Crippen molar-refractivity contribution in [2.75, 3.05) is 45.9 Å². The van der Waals surface area contributed by atoms with Crippen molar-refractivity contribution >= 4 is 29.3 Å². The first-order valence-corrected chi connectivity index (χ1v) is 10.2. The number of halogens is 1. The highest BCUT2D eigenvalue weighted by molar-refractivity contribution is 6.30. The van der Waals surface area contributed by atoms with Crippen molar-refractivity contribution in [1.29, 1.82) is 0 Å². The van der Waals surface area contributed by atoms with Gasteiger partial charge in [-0.05, 0) is 60.4 Å². The van der Waals surface area contributed by atoms with Crippen LogP contribution in [0.1, 0.15) is 17.5 Å². The van der Waals surface area contributed by atoms with Gasteiger partial charge in [-0.1, -0.05) is 11.6 Å². The second kappa shape index (κ2) is 10.3. The summed E-state index contributed by atoms with van der Waals surface area (Å²) in [7, 11) is 4.68. The molecule has 0 saturated heterocycles. The van der Waals surface area contributed by atoms with Crippen molar-refractivity contribution in [3.63, 3.8) is 0 Å². The van der Waals surface area contributed by atoms with E-state index in [4.69, 9.17) is 25.8 Å². The van der Waals surface area contributed by atoms with E-state index in [2.05, 4.69) is 16.3 Å². The van der Waals surface area contributed by atoms with E-state index in [1.165, 1.54) is 17.3 Å². The minimum absolute atomic E-state index is 0.141. The molecule has 2 aromatic rings. The minimum atomic E-state index is -0.141. The third kappa shape index (κ3) is 5.19. The Morgan fingerprint density at radius 1 is 1.13 bits per heavy atom. The molecule has 2 aromatic carbocycles. The van der Waals surface area contributed by atoms with Gasteiger partial charge in [-0.25, -0.2) is 0 Å². The van der Waals surface area contributed by atoms with Crippen LogP contribution in [0.3, 0.4) is 0 Å². The highest BCUT2D eigenvalue weighted by Gasteiger charge is 2.18. The van der Waals surface area contributed by atoms with Gasteiger partial charge < -0.3 is 24.4 Å². The lowest BCUT2D eigenvalue weighted by Gasteiger charge is -2.19. The fraction of sp³-hybridized carbons (Fsp3) is 0.348. The third-order valence-corrected chi connectivity index (χ3v) is 5.29. The number of nitrogens with one attached hydrogen (secondary N) is 1. The number of carbonyl (C=O) groups excluding carboxylic acids is 1. The molecule has 0 saturated carbocycles. The molecule has 1 aliphatic heterocycles. The highest BCUT2D eigenvalue weighted by Crippen LogP contribution is 2.38. The summed E-state index contributed by atoms with van der Waals surface area (Å²) >= 11 is 6.06. The largest absolute Gasteiger partial charge is 0.493 e. The number of nitrogens with zero attached hydrogens (tertiary/aromatic N) is 1. The molecule has 1 heterocycles. The zero-order chi connectivity index (χ0) is 21.5. The molecular weight excluding hydrogens is 404 g/mol. The number of ether oxygens (including phenoxy) is 3. The Balaban J connectivity index is 1.49. The molecular formula is C23H27ClN2O4. The fourth-order valence-electron chi connectivity index (χ4n) is 3.58. The number of methoxy groups -OCH3 is 3. The van der Waals surface area contributed by atoms with Gasteiger partial charge in [0.1, 0.15) is 0 Å². The van der Waals surface area contributed by atoms with E-state index in [0.29, 0.717) is 23.8 Å². The molecule has 7 heteroatoms. The van der Waals surface area contributed by atoms with Crippen LogP contribution in [0.4, 0.5) is 5.69 Å². The van der Waals surface area contributed by atoms with E-state index in [9.17, 15) is 4.79 Å². The Morgan fingerprint density at radius 2 is 1.87 bits per heavy atom. The second-order valence-corrected chi connectivity index (χ2v) is 7.38. The number of hydrogen-bond acceptors (Lipinski definition) is 5. The van der Waals surface area contributed by atoms with Crippen LogP contribution in [0.2, 0.25) is 5.02 Å². The van der Waals surface area contributed by atoms with Crippen LogP contribution in [-0.4, -0.2) is 46.9 Å². The summed E-state index contributed by atoms with van der Waals surface area (Å²) in [6.45, 7) is 2.49. The van der Waals surface area contributed by atoms with Crippen molar-refractivity contribution < 1.29 is 19.0 Å². The van der Waals surface area contributed by atoms with Crippen molar-refractivity contribution in [3.05, 3.63) is 52.6 Å². The first-order valence-electron chi connectivity index (χ1n) is 9.85. The number of rotatable bonds is 9. The number of benzene rings is 2. The van der Waals surface area contributed by atoms with Crippen LogP contribution in [0, 0.1) is 0 Å². The summed E-state index contributed by atoms with van der Waals surface area (Å²) < 4.78 is 16.0. The first-order chi connectivity index (χ1) is 14.5. The van der Waals surface area contributed by atoms with Gasteiger partial charge in [-0.15, -0.1) is 0 Å². The Hall–Kier alpha value is -2.86. The summed E-state index contributed by atoms with van der Waals surface area (Å²) in [4.78, 5) is 14.5. The summed E-state index contributed by atoms with van der Waals surface area (Å²) in [5.74, 6) is 1.47. The molecule has 1 amide bonds. The lowest BCUT2D eigenvalue weighted by atomic mass is 10.1. The molecule has 0 spiro atoms. The van der Waals surface area contributed by atoms with Crippen molar-refractivity contribution in [3.8, 4) is 17.2 Å². The van der Waals surface area contributed by atoms with Gasteiger partial charge in [0.2, 0.25) is 11.7 Å². The normalized spacial score (nSPS) is 12.7. The topological polar surface area (TPSA) is 60.0 Å². The van der Waals surface area contributed by atoms with Crippen LogP contribution in [-0.2, 0) is 11.2 Å². The molecule has 0 fully saturated rings. The lowest BCUT2D eigenvalue weighted by molar-refractivity contribution is -0.116. The number of fused-ring (bicyclic) bond motifs is 1. The van der Waals surface area contributed by atoms with E-state index >= 15 is 0 Å². The predicted octanol–water partition coefficient (Wildman–Crippen LogP) is 3.95. The maximum Gasteiger partial charge on any atom is 0.244 e. The first kappa shape index (κ1) is 21.8. The van der Waals surface area contributed by atoms with Crippen LogP contribution in [0.25, 0.3) is 6.08 Å². The molecule has 0 bridgehead atoms. The lowest BCUT2D eigenvalue weighted by Crippen LogP contribution is -2.28. The zero-order valence-corrected chi connectivity index (χ0v) is 18.3. The summed E-state index contributed by atoms with van der Waals surface area (Å²) in [6.07, 6.45) is 5.11. The van der Waals surface area contributed by atoms with E-state index < -0.39 is 0 Å². The van der Waals surface area contributed by atoms with Gasteiger partial charge in [0.25, 0.3) is 0 Å². The highest BCUT2D eigenvalue weighted by atomic mass is 35.5. The Bertz CT molecular complexity index is 904. The molecule has 0 aliphatic carbocycles. The Kier molecular flexibility index (Phi) is 7.46. The molecule has 0 aromatic heterocycles. The Morgan fingerprint density at radius 3 is 2.53 bits per heavy atom. The van der Waals surface area contributed by atoms with Gasteiger partial charge in [-0.2, -0.15) is 0 Å². The second-order valence-electron chi connectivity index (χ2n) is 6.95. The van der Waals surface area contributed by atoms with Crippen molar-refractivity contribution in [2.45, 2.75) is 12.8 Å². The summed E-state index contributed by atoms with van der Waals surface area (Å²) in [5, 5.41) is 3.71. The van der Waals surface area contributed by atoms with Gasteiger partial charge >= 0.3 is 0 Å². The molecule has 1 aliphatic rings. The van der Waals surface area contributed by atoms with Crippen molar-refractivity contribution in [1.82, 2.24) is 5.32 Å². The predicted molar refractivity (Wildman–Crippen MR) is 120 cm³/mol. The molecule has 1 N–H and O–H groups in total. The monoisotopic (exact) mass is 430 g/mol. The number of carbonyl (C=O) groups is 1. The molecule has 0 unspecified atom stereocenters. The van der Waals surface area contributed by atoms with Crippen LogP contribution >= 0.6 is 11.6 Å². The SMILES string of the molecule is COc1cc(/C=C/C(=O)NCCCN2CCc3cc(Cl)ccc32)cc(OC)c1OC. The summed E-state index contributed by atoms with van der Waals surface area (Å²) in [6, 6.07) is 9.62. The quantitative estimate of drug-likeness (QED) is 0.482. The average molecular weight is 431 g/mol. The zero-order valence-electron chi connectivity index (χ0n) is 17.5. The van der Waals surface area contributed by atoms with Gasteiger partial charge in [-0.3, -0.25) is 4.79 Å². The van der Waals surface area contributed by atoms with Gasteiger partial charge in [0.15, 0.2) is 11.5 Å². The molecule has 0 atom stereocenters. The van der Waals surface area contributed by atoms with E-state index in [1.54, 1.807) is 39.5 Å². The fourth-order valence-corrected chi connectivity index (χ4v) is 3.78. The molecule has 0 radical (unpaired) electrons. The van der Waals surface area contributed by atoms with Crippen LogP contribution < -0.4 is 24.4 Å².